The lowest BCUT2D eigenvalue weighted by Gasteiger charge is -2.22. The summed E-state index contributed by atoms with van der Waals surface area (Å²) in [5.41, 5.74) is 6.58. The maximum atomic E-state index is 12.9. The summed E-state index contributed by atoms with van der Waals surface area (Å²) in [6, 6.07) is 18.4. The quantitative estimate of drug-likeness (QED) is 0.265. The molecule has 0 aliphatic rings. The molecular weight excluding hydrogens is 496 g/mol. The second kappa shape index (κ2) is 13.6. The van der Waals surface area contributed by atoms with Crippen LogP contribution in [0, 0.1) is 13.8 Å². The molecular formula is C30H38N4O5. The van der Waals surface area contributed by atoms with Crippen molar-refractivity contribution in [3.8, 4) is 11.4 Å². The van der Waals surface area contributed by atoms with Crippen LogP contribution in [0.4, 0.5) is 4.79 Å². The van der Waals surface area contributed by atoms with Gasteiger partial charge in [-0.2, -0.15) is 5.10 Å². The first-order chi connectivity index (χ1) is 18.6. The van der Waals surface area contributed by atoms with Gasteiger partial charge in [-0.1, -0.05) is 30.3 Å². The van der Waals surface area contributed by atoms with Crippen LogP contribution >= 0.6 is 0 Å². The molecule has 0 saturated carbocycles. The van der Waals surface area contributed by atoms with E-state index in [-0.39, 0.29) is 6.61 Å². The fourth-order valence-electron chi connectivity index (χ4n) is 3.92. The molecule has 2 N–H and O–H groups in total. The highest BCUT2D eigenvalue weighted by atomic mass is 16.6. The number of hydrazone groups is 1. The maximum absolute atomic E-state index is 12.9. The van der Waals surface area contributed by atoms with Crippen LogP contribution in [-0.2, 0) is 20.9 Å². The predicted molar refractivity (Wildman–Crippen MR) is 151 cm³/mol. The number of hydrogen-bond acceptors (Lipinski definition) is 6. The molecule has 3 rings (SSSR count). The van der Waals surface area contributed by atoms with Crippen molar-refractivity contribution in [2.75, 3.05) is 13.2 Å². The Morgan fingerprint density at radius 3 is 2.38 bits per heavy atom. The minimum absolute atomic E-state index is 0.0538. The second-order valence-corrected chi connectivity index (χ2v) is 10.0. The van der Waals surface area contributed by atoms with Gasteiger partial charge in [0, 0.05) is 22.6 Å². The van der Waals surface area contributed by atoms with Crippen LogP contribution < -0.4 is 15.5 Å². The number of carbonyl (C=O) groups is 2. The van der Waals surface area contributed by atoms with E-state index >= 15 is 0 Å². The number of benzene rings is 2. The van der Waals surface area contributed by atoms with Crippen LogP contribution in [0.25, 0.3) is 5.69 Å². The maximum Gasteiger partial charge on any atom is 0.408 e. The van der Waals surface area contributed by atoms with Crippen molar-refractivity contribution in [3.63, 3.8) is 0 Å². The summed E-state index contributed by atoms with van der Waals surface area (Å²) < 4.78 is 18.7. The largest absolute Gasteiger partial charge is 0.494 e. The Morgan fingerprint density at radius 1 is 1.05 bits per heavy atom. The second-order valence-electron chi connectivity index (χ2n) is 10.0. The molecule has 0 bridgehead atoms. The standard InChI is InChI=1S/C30H38N4O5/c1-7-38-26-15-13-25(14-16-26)34-21(2)17-24(22(34)3)18-31-33-28(35)27(32-29(36)39-30(4,5)6)20-37-19-23-11-9-8-10-12-23/h8-18,27H,7,19-20H2,1-6H3,(H,32,36)(H,33,35)/b31-18-/t27-/m0/s1. The highest BCUT2D eigenvalue weighted by molar-refractivity contribution is 5.88. The van der Waals surface area contributed by atoms with Crippen LogP contribution in [0.2, 0.25) is 0 Å². The molecule has 9 nitrogen and oxygen atoms in total. The number of alkyl carbamates (subject to hydrolysis) is 1. The Hall–Kier alpha value is -4.11. The molecule has 0 spiro atoms. The van der Waals surface area contributed by atoms with E-state index in [0.29, 0.717) is 13.2 Å². The SMILES string of the molecule is CCOc1ccc(-n2c(C)cc(/C=N\NC(=O)[C@H](COCc3ccccc3)NC(=O)OC(C)(C)C)c2C)cc1. The summed E-state index contributed by atoms with van der Waals surface area (Å²) in [7, 11) is 0. The van der Waals surface area contributed by atoms with Crippen molar-refractivity contribution in [1.82, 2.24) is 15.3 Å². The Labute approximate surface area is 230 Å². The Balaban J connectivity index is 1.67. The van der Waals surface area contributed by atoms with E-state index < -0.39 is 23.6 Å². The zero-order valence-electron chi connectivity index (χ0n) is 23.5. The van der Waals surface area contributed by atoms with Gasteiger partial charge in [-0.05, 0) is 77.4 Å². The van der Waals surface area contributed by atoms with E-state index in [1.807, 2.05) is 81.4 Å². The summed E-state index contributed by atoms with van der Waals surface area (Å²) in [6.45, 7) is 12.0. The molecule has 0 aliphatic carbocycles. The number of hydrogen-bond donors (Lipinski definition) is 2. The number of aromatic nitrogens is 1. The number of carbonyl (C=O) groups excluding carboxylic acids is 2. The minimum Gasteiger partial charge on any atom is -0.494 e. The van der Waals surface area contributed by atoms with E-state index in [1.165, 1.54) is 0 Å². The van der Waals surface area contributed by atoms with Crippen LogP contribution in [0.3, 0.4) is 0 Å². The van der Waals surface area contributed by atoms with Crippen molar-refractivity contribution in [2.45, 2.75) is 59.8 Å². The van der Waals surface area contributed by atoms with E-state index in [2.05, 4.69) is 20.4 Å². The van der Waals surface area contributed by atoms with Gasteiger partial charge in [-0.15, -0.1) is 0 Å². The molecule has 0 aliphatic heterocycles. The van der Waals surface area contributed by atoms with E-state index in [0.717, 1.165) is 34.0 Å². The molecule has 208 valence electrons. The third kappa shape index (κ3) is 9.00. The van der Waals surface area contributed by atoms with Gasteiger partial charge in [0.2, 0.25) is 0 Å². The van der Waals surface area contributed by atoms with Crippen molar-refractivity contribution in [2.24, 2.45) is 5.10 Å². The third-order valence-electron chi connectivity index (χ3n) is 5.66. The average Bonchev–Trinajstić information content (AvgIpc) is 3.16. The molecule has 1 heterocycles. The number of rotatable bonds is 11. The van der Waals surface area contributed by atoms with Crippen LogP contribution in [0.15, 0.2) is 65.8 Å². The van der Waals surface area contributed by atoms with E-state index in [9.17, 15) is 9.59 Å². The lowest BCUT2D eigenvalue weighted by Crippen LogP contribution is -2.49. The molecule has 2 amide bonds. The van der Waals surface area contributed by atoms with Crippen LogP contribution in [0.5, 0.6) is 5.75 Å². The summed E-state index contributed by atoms with van der Waals surface area (Å²) in [6.07, 6.45) is 0.870. The van der Waals surface area contributed by atoms with Crippen molar-refractivity contribution in [1.29, 1.82) is 0 Å². The highest BCUT2D eigenvalue weighted by Gasteiger charge is 2.24. The van der Waals surface area contributed by atoms with Crippen molar-refractivity contribution >= 4 is 18.2 Å². The van der Waals surface area contributed by atoms with Gasteiger partial charge < -0.3 is 24.1 Å². The van der Waals surface area contributed by atoms with Crippen LogP contribution in [0.1, 0.15) is 50.2 Å². The molecule has 1 atom stereocenters. The third-order valence-corrected chi connectivity index (χ3v) is 5.66. The van der Waals surface area contributed by atoms with Gasteiger partial charge in [0.25, 0.3) is 5.91 Å². The smallest absolute Gasteiger partial charge is 0.408 e. The van der Waals surface area contributed by atoms with Crippen LogP contribution in [-0.4, -0.2) is 47.6 Å². The first-order valence-electron chi connectivity index (χ1n) is 12.9. The van der Waals surface area contributed by atoms with Gasteiger partial charge in [0.1, 0.15) is 17.4 Å². The lowest BCUT2D eigenvalue weighted by atomic mass is 10.2. The van der Waals surface area contributed by atoms with Gasteiger partial charge in [0.15, 0.2) is 0 Å². The average molecular weight is 535 g/mol. The van der Waals surface area contributed by atoms with Crippen molar-refractivity contribution in [3.05, 3.63) is 83.2 Å². The number of nitrogens with zero attached hydrogens (tertiary/aromatic N) is 2. The summed E-state index contributed by atoms with van der Waals surface area (Å²) in [5, 5.41) is 6.73. The van der Waals surface area contributed by atoms with E-state index in [1.54, 1.807) is 27.0 Å². The summed E-state index contributed by atoms with van der Waals surface area (Å²) in [4.78, 5) is 25.3. The van der Waals surface area contributed by atoms with Gasteiger partial charge >= 0.3 is 6.09 Å². The molecule has 0 saturated heterocycles. The molecule has 0 fully saturated rings. The number of nitrogens with one attached hydrogen (secondary N) is 2. The fourth-order valence-corrected chi connectivity index (χ4v) is 3.92. The topological polar surface area (TPSA) is 103 Å². The number of ether oxygens (including phenoxy) is 3. The molecule has 1 aromatic heterocycles. The first kappa shape index (κ1) is 29.4. The van der Waals surface area contributed by atoms with Gasteiger partial charge in [-0.25, -0.2) is 10.2 Å². The van der Waals surface area contributed by atoms with Gasteiger partial charge in [0.05, 0.1) is 26.0 Å². The minimum atomic E-state index is -1.00. The molecule has 0 radical (unpaired) electrons. The first-order valence-corrected chi connectivity index (χ1v) is 12.9. The lowest BCUT2D eigenvalue weighted by molar-refractivity contribution is -0.124. The summed E-state index contributed by atoms with van der Waals surface area (Å²) >= 11 is 0. The highest BCUT2D eigenvalue weighted by Crippen LogP contribution is 2.22. The van der Waals surface area contributed by atoms with E-state index in [4.69, 9.17) is 14.2 Å². The Bertz CT molecular complexity index is 1260. The number of aryl methyl sites for hydroxylation is 1. The molecule has 39 heavy (non-hydrogen) atoms. The molecule has 9 heteroatoms. The molecule has 2 aromatic carbocycles. The number of amides is 2. The molecule has 0 unspecified atom stereocenters. The summed E-state index contributed by atoms with van der Waals surface area (Å²) in [5.74, 6) is 0.293. The fraction of sp³-hybridized carbons (Fsp3) is 0.367. The monoisotopic (exact) mass is 534 g/mol. The normalized spacial score (nSPS) is 12.3. The zero-order valence-corrected chi connectivity index (χ0v) is 23.5. The molecule has 3 aromatic rings. The van der Waals surface area contributed by atoms with Gasteiger partial charge in [-0.3, -0.25) is 4.79 Å². The van der Waals surface area contributed by atoms with Crippen molar-refractivity contribution < 1.29 is 23.8 Å². The Kier molecular flexibility index (Phi) is 10.3. The zero-order chi connectivity index (χ0) is 28.4. The Morgan fingerprint density at radius 2 is 1.74 bits per heavy atom. The predicted octanol–water partition coefficient (Wildman–Crippen LogP) is 5.05.